The highest BCUT2D eigenvalue weighted by atomic mass is 16.5. The fourth-order valence-electron chi connectivity index (χ4n) is 10.9. The van der Waals surface area contributed by atoms with E-state index in [-0.39, 0.29) is 29.1 Å². The largest absolute Gasteiger partial charge is 0.449 e. The van der Waals surface area contributed by atoms with Gasteiger partial charge in [-0.3, -0.25) is 5.32 Å². The Labute approximate surface area is 246 Å². The van der Waals surface area contributed by atoms with E-state index in [2.05, 4.69) is 39.1 Å². The Hall–Kier alpha value is -2.11. The smallest absolute Gasteiger partial charge is 0.411 e. The predicted octanol–water partition coefficient (Wildman–Crippen LogP) is 8.04. The SMILES string of the molecule is CC[C@H]1[C@@H](O)C2[C@H](CC[C@]3(C)[C@@H]([C@H](C)CCOC(=O)Nc4ccc5ccccc5c4)CC[C@@H]23)C2(C)CC[C@@H](O)C[C@@H]12. The number of hydrogen-bond acceptors (Lipinski definition) is 4. The predicted molar refractivity (Wildman–Crippen MR) is 164 cm³/mol. The molecule has 41 heavy (non-hydrogen) atoms. The summed E-state index contributed by atoms with van der Waals surface area (Å²) in [5, 5.41) is 27.6. The summed E-state index contributed by atoms with van der Waals surface area (Å²) in [5.41, 5.74) is 1.22. The zero-order valence-corrected chi connectivity index (χ0v) is 25.5. The van der Waals surface area contributed by atoms with Crippen molar-refractivity contribution in [2.45, 2.75) is 97.7 Å². The van der Waals surface area contributed by atoms with Crippen LogP contribution in [0.4, 0.5) is 10.5 Å². The minimum absolute atomic E-state index is 0.201. The maximum Gasteiger partial charge on any atom is 0.411 e. The second-order valence-electron chi connectivity index (χ2n) is 14.7. The summed E-state index contributed by atoms with van der Waals surface area (Å²) in [5.74, 6) is 3.27. The molecule has 5 nitrogen and oxygen atoms in total. The van der Waals surface area contributed by atoms with Crippen LogP contribution in [0.5, 0.6) is 0 Å². The first-order chi connectivity index (χ1) is 19.7. The van der Waals surface area contributed by atoms with E-state index < -0.39 is 0 Å². The highest BCUT2D eigenvalue weighted by molar-refractivity contribution is 5.91. The molecule has 224 valence electrons. The summed E-state index contributed by atoms with van der Waals surface area (Å²) < 4.78 is 5.66. The summed E-state index contributed by atoms with van der Waals surface area (Å²) in [6.07, 6.45) is 8.73. The number of fused-ring (bicyclic) bond motifs is 6. The van der Waals surface area contributed by atoms with Crippen molar-refractivity contribution in [1.29, 1.82) is 0 Å². The molecular formula is C36H51NO4. The normalized spacial score (nSPS) is 40.7. The Morgan fingerprint density at radius 2 is 1.71 bits per heavy atom. The minimum atomic E-state index is -0.389. The number of benzene rings is 2. The van der Waals surface area contributed by atoms with Gasteiger partial charge in [0.15, 0.2) is 0 Å². The molecule has 0 aromatic heterocycles. The van der Waals surface area contributed by atoms with Gasteiger partial charge in [-0.25, -0.2) is 4.79 Å². The van der Waals surface area contributed by atoms with Crippen LogP contribution in [0, 0.1) is 52.3 Å². The Morgan fingerprint density at radius 3 is 2.49 bits per heavy atom. The van der Waals surface area contributed by atoms with E-state index in [1.807, 2.05) is 36.4 Å². The van der Waals surface area contributed by atoms with Gasteiger partial charge in [0.2, 0.25) is 0 Å². The second-order valence-corrected chi connectivity index (χ2v) is 14.7. The summed E-state index contributed by atoms with van der Waals surface area (Å²) in [4.78, 5) is 12.6. The van der Waals surface area contributed by atoms with Crippen LogP contribution in [-0.2, 0) is 4.74 Å². The average Bonchev–Trinajstić information content (AvgIpc) is 3.31. The molecule has 0 aliphatic heterocycles. The third-order valence-corrected chi connectivity index (χ3v) is 13.0. The first kappa shape index (κ1) is 29.0. The molecule has 2 unspecified atom stereocenters. The molecule has 0 bridgehead atoms. The van der Waals surface area contributed by atoms with Crippen LogP contribution in [-0.4, -0.2) is 35.1 Å². The van der Waals surface area contributed by atoms with E-state index in [0.717, 1.165) is 48.6 Å². The van der Waals surface area contributed by atoms with Gasteiger partial charge in [-0.1, -0.05) is 64.4 Å². The maximum atomic E-state index is 12.6. The van der Waals surface area contributed by atoms with Gasteiger partial charge in [-0.2, -0.15) is 0 Å². The molecule has 0 heterocycles. The second kappa shape index (κ2) is 11.2. The molecule has 2 aromatic carbocycles. The van der Waals surface area contributed by atoms with E-state index in [0.29, 0.717) is 48.0 Å². The minimum Gasteiger partial charge on any atom is -0.449 e. The van der Waals surface area contributed by atoms with E-state index in [1.54, 1.807) is 0 Å². The van der Waals surface area contributed by atoms with Crippen molar-refractivity contribution in [3.05, 3.63) is 42.5 Å². The molecule has 2 aromatic rings. The zero-order chi connectivity index (χ0) is 28.9. The van der Waals surface area contributed by atoms with Crippen LogP contribution in [0.3, 0.4) is 0 Å². The molecule has 4 aliphatic rings. The topological polar surface area (TPSA) is 78.8 Å². The van der Waals surface area contributed by atoms with Crippen molar-refractivity contribution in [1.82, 2.24) is 0 Å². The first-order valence-electron chi connectivity index (χ1n) is 16.4. The summed E-state index contributed by atoms with van der Waals surface area (Å²) >= 11 is 0. The van der Waals surface area contributed by atoms with Crippen molar-refractivity contribution in [3.63, 3.8) is 0 Å². The summed E-state index contributed by atoms with van der Waals surface area (Å²) in [6.45, 7) is 10.0. The molecule has 0 spiro atoms. The number of carbonyl (C=O) groups excluding carboxylic acids is 1. The third-order valence-electron chi connectivity index (χ3n) is 13.0. The van der Waals surface area contributed by atoms with Crippen molar-refractivity contribution < 1.29 is 19.7 Å². The van der Waals surface area contributed by atoms with Crippen molar-refractivity contribution in [2.75, 3.05) is 11.9 Å². The van der Waals surface area contributed by atoms with Gasteiger partial charge in [-0.05, 0) is 127 Å². The number of ether oxygens (including phenoxy) is 1. The molecule has 4 fully saturated rings. The Kier molecular flexibility index (Phi) is 7.91. The number of aliphatic hydroxyl groups is 2. The highest BCUT2D eigenvalue weighted by Gasteiger charge is 2.64. The fraction of sp³-hybridized carbons (Fsp3) is 0.694. The molecule has 0 saturated heterocycles. The zero-order valence-electron chi connectivity index (χ0n) is 25.5. The van der Waals surface area contributed by atoms with E-state index in [9.17, 15) is 15.0 Å². The van der Waals surface area contributed by atoms with Gasteiger partial charge >= 0.3 is 6.09 Å². The number of nitrogens with one attached hydrogen (secondary N) is 1. The molecule has 11 atom stereocenters. The van der Waals surface area contributed by atoms with Gasteiger partial charge in [0.1, 0.15) is 0 Å². The molecule has 0 radical (unpaired) electrons. The molecule has 1 amide bonds. The lowest BCUT2D eigenvalue weighted by Crippen LogP contribution is -2.62. The maximum absolute atomic E-state index is 12.6. The number of amides is 1. The number of carbonyl (C=O) groups is 1. The van der Waals surface area contributed by atoms with Crippen LogP contribution in [0.15, 0.2) is 42.5 Å². The first-order valence-corrected chi connectivity index (χ1v) is 16.4. The number of anilines is 1. The van der Waals surface area contributed by atoms with Crippen molar-refractivity contribution in [2.24, 2.45) is 52.3 Å². The molecule has 4 aliphatic carbocycles. The van der Waals surface area contributed by atoms with Gasteiger partial charge in [-0.15, -0.1) is 0 Å². The van der Waals surface area contributed by atoms with Gasteiger partial charge in [0, 0.05) is 5.69 Å². The molecule has 5 heteroatoms. The molecule has 4 saturated carbocycles. The lowest BCUT2D eigenvalue weighted by atomic mass is 9.41. The van der Waals surface area contributed by atoms with Crippen LogP contribution < -0.4 is 5.32 Å². The van der Waals surface area contributed by atoms with Gasteiger partial charge in [0.25, 0.3) is 0 Å². The quantitative estimate of drug-likeness (QED) is 0.333. The standard InChI is InChI=1S/C36H51NO4/c1-5-27-31-21-26(38)14-17-36(31,4)30-15-18-35(3)28(12-13-29(35)32(30)33(27)39)22(2)16-19-41-34(40)37-25-11-10-23-8-6-7-9-24(23)20-25/h6-11,20,22,26-33,38-39H,5,12-19,21H2,1-4H3,(H,37,40)/t22-,26-,27-,28-,29+,30+,31+,32?,33-,35-,36?/m1/s1. The van der Waals surface area contributed by atoms with E-state index in [1.165, 1.54) is 25.7 Å². The Balaban J connectivity index is 1.09. The fourth-order valence-corrected chi connectivity index (χ4v) is 10.9. The van der Waals surface area contributed by atoms with E-state index >= 15 is 0 Å². The van der Waals surface area contributed by atoms with E-state index in [4.69, 9.17) is 4.74 Å². The van der Waals surface area contributed by atoms with Gasteiger partial charge < -0.3 is 14.9 Å². The lowest BCUT2D eigenvalue weighted by Gasteiger charge is -2.64. The Morgan fingerprint density at radius 1 is 0.976 bits per heavy atom. The monoisotopic (exact) mass is 561 g/mol. The van der Waals surface area contributed by atoms with Crippen LogP contribution in [0.1, 0.15) is 85.5 Å². The number of hydrogen-bond donors (Lipinski definition) is 3. The number of rotatable bonds is 6. The number of aliphatic hydroxyl groups excluding tert-OH is 2. The molecule has 3 N–H and O–H groups in total. The lowest BCUT2D eigenvalue weighted by molar-refractivity contribution is -0.203. The summed E-state index contributed by atoms with van der Waals surface area (Å²) in [7, 11) is 0. The van der Waals surface area contributed by atoms with Crippen molar-refractivity contribution in [3.8, 4) is 0 Å². The van der Waals surface area contributed by atoms with Gasteiger partial charge in [0.05, 0.1) is 18.8 Å². The third kappa shape index (κ3) is 4.99. The van der Waals surface area contributed by atoms with Crippen LogP contribution >= 0.6 is 0 Å². The average molecular weight is 562 g/mol. The Bertz CT molecular complexity index is 1250. The molecule has 6 rings (SSSR count). The van der Waals surface area contributed by atoms with Crippen LogP contribution in [0.2, 0.25) is 0 Å². The van der Waals surface area contributed by atoms with Crippen molar-refractivity contribution >= 4 is 22.6 Å². The summed E-state index contributed by atoms with van der Waals surface area (Å²) in [6, 6.07) is 14.0. The van der Waals surface area contributed by atoms with Crippen LogP contribution in [0.25, 0.3) is 10.8 Å². The highest BCUT2D eigenvalue weighted by Crippen LogP contribution is 2.69. The molecular weight excluding hydrogens is 510 g/mol.